The van der Waals surface area contributed by atoms with Crippen molar-refractivity contribution in [2.24, 2.45) is 0 Å². The predicted molar refractivity (Wildman–Crippen MR) is 113 cm³/mol. The van der Waals surface area contributed by atoms with Crippen molar-refractivity contribution in [2.75, 3.05) is 5.32 Å². The molecular formula is C22H17N7O. The number of hydrogen-bond donors (Lipinski definition) is 1. The number of hydrogen-bond acceptors (Lipinski definition) is 5. The Morgan fingerprint density at radius 2 is 1.87 bits per heavy atom. The van der Waals surface area contributed by atoms with Gasteiger partial charge in [-0.25, -0.2) is 9.36 Å². The van der Waals surface area contributed by atoms with E-state index in [2.05, 4.69) is 25.7 Å². The SMILES string of the molecule is Cc1c(C(=O)Nc2cnn(-c3ccccc3)c2)nnn1-c1cccc2cnccc12. The topological polar surface area (TPSA) is 90.5 Å². The summed E-state index contributed by atoms with van der Waals surface area (Å²) in [4.78, 5) is 17.0. The standard InChI is InChI=1S/C22H17N7O/c1-15-21(22(30)25-17-13-24-28(14-17)18-7-3-2-4-8-18)26-27-29(15)20-9-5-6-16-12-23-11-10-19(16)20/h2-14H,1H3,(H,25,30). The number of carbonyl (C=O) groups is 1. The lowest BCUT2D eigenvalue weighted by Gasteiger charge is -2.07. The summed E-state index contributed by atoms with van der Waals surface area (Å²) in [6.45, 7) is 1.82. The minimum Gasteiger partial charge on any atom is -0.318 e. The molecule has 0 bridgehead atoms. The van der Waals surface area contributed by atoms with Crippen molar-refractivity contribution in [2.45, 2.75) is 6.92 Å². The summed E-state index contributed by atoms with van der Waals surface area (Å²) in [5.74, 6) is -0.340. The third-order valence-corrected chi connectivity index (χ3v) is 4.86. The molecule has 0 aliphatic rings. The number of rotatable bonds is 4. The molecule has 8 heteroatoms. The maximum atomic E-state index is 12.8. The maximum absolute atomic E-state index is 12.8. The molecule has 1 N–H and O–H groups in total. The fraction of sp³-hybridized carbons (Fsp3) is 0.0455. The molecule has 2 aromatic carbocycles. The molecule has 0 atom stereocenters. The van der Waals surface area contributed by atoms with Gasteiger partial charge in [0.2, 0.25) is 0 Å². The molecule has 8 nitrogen and oxygen atoms in total. The van der Waals surface area contributed by atoms with Gasteiger partial charge in [-0.1, -0.05) is 35.5 Å². The van der Waals surface area contributed by atoms with Crippen molar-refractivity contribution in [1.82, 2.24) is 29.8 Å². The van der Waals surface area contributed by atoms with Crippen LogP contribution in [0.2, 0.25) is 0 Å². The number of pyridine rings is 1. The molecule has 5 aromatic rings. The first kappa shape index (κ1) is 17.7. The van der Waals surface area contributed by atoms with E-state index in [9.17, 15) is 4.79 Å². The lowest BCUT2D eigenvalue weighted by molar-refractivity contribution is 0.102. The van der Waals surface area contributed by atoms with Crippen molar-refractivity contribution in [3.05, 3.63) is 90.8 Å². The van der Waals surface area contributed by atoms with Crippen LogP contribution in [-0.4, -0.2) is 35.7 Å². The first-order chi connectivity index (χ1) is 14.7. The van der Waals surface area contributed by atoms with Crippen LogP contribution >= 0.6 is 0 Å². The van der Waals surface area contributed by atoms with Gasteiger partial charge in [-0.05, 0) is 31.2 Å². The number of nitrogens with zero attached hydrogens (tertiary/aromatic N) is 6. The van der Waals surface area contributed by atoms with Crippen LogP contribution in [0.25, 0.3) is 22.1 Å². The quantitative estimate of drug-likeness (QED) is 0.502. The van der Waals surface area contributed by atoms with E-state index in [1.54, 1.807) is 34.2 Å². The maximum Gasteiger partial charge on any atom is 0.278 e. The first-order valence-corrected chi connectivity index (χ1v) is 9.37. The van der Waals surface area contributed by atoms with Gasteiger partial charge in [-0.3, -0.25) is 9.78 Å². The van der Waals surface area contributed by atoms with E-state index in [0.29, 0.717) is 11.4 Å². The van der Waals surface area contributed by atoms with Crippen LogP contribution in [0.15, 0.2) is 79.4 Å². The smallest absolute Gasteiger partial charge is 0.278 e. The Morgan fingerprint density at radius 3 is 2.73 bits per heavy atom. The minimum absolute atomic E-state index is 0.258. The van der Waals surface area contributed by atoms with Crippen LogP contribution in [0.5, 0.6) is 0 Å². The average molecular weight is 395 g/mol. The molecule has 0 fully saturated rings. The monoisotopic (exact) mass is 395 g/mol. The molecule has 5 rings (SSSR count). The summed E-state index contributed by atoms with van der Waals surface area (Å²) in [6.07, 6.45) is 6.88. The summed E-state index contributed by atoms with van der Waals surface area (Å²) >= 11 is 0. The van der Waals surface area contributed by atoms with Gasteiger partial charge in [-0.15, -0.1) is 5.10 Å². The number of anilines is 1. The zero-order valence-electron chi connectivity index (χ0n) is 16.1. The lowest BCUT2D eigenvalue weighted by Crippen LogP contribution is -2.14. The fourth-order valence-electron chi connectivity index (χ4n) is 3.36. The fourth-order valence-corrected chi connectivity index (χ4v) is 3.36. The highest BCUT2D eigenvalue weighted by atomic mass is 16.2. The summed E-state index contributed by atoms with van der Waals surface area (Å²) in [5.41, 5.74) is 3.23. The molecule has 0 aliphatic heterocycles. The van der Waals surface area contributed by atoms with Gasteiger partial charge in [-0.2, -0.15) is 5.10 Å². The molecule has 0 saturated carbocycles. The number of nitrogens with one attached hydrogen (secondary N) is 1. The number of benzene rings is 2. The largest absolute Gasteiger partial charge is 0.318 e. The van der Waals surface area contributed by atoms with Crippen LogP contribution in [0.3, 0.4) is 0 Å². The van der Waals surface area contributed by atoms with Gasteiger partial charge in [0.05, 0.1) is 35.1 Å². The number of fused-ring (bicyclic) bond motifs is 1. The molecule has 30 heavy (non-hydrogen) atoms. The summed E-state index contributed by atoms with van der Waals surface area (Å²) in [6, 6.07) is 17.4. The molecular weight excluding hydrogens is 378 g/mol. The Kier molecular flexibility index (Phi) is 4.29. The van der Waals surface area contributed by atoms with Gasteiger partial charge in [0, 0.05) is 23.2 Å². The molecule has 0 aliphatic carbocycles. The predicted octanol–water partition coefficient (Wildman–Crippen LogP) is 3.56. The van der Waals surface area contributed by atoms with E-state index in [1.807, 2.05) is 61.5 Å². The number of amides is 1. The summed E-state index contributed by atoms with van der Waals surface area (Å²) in [5, 5.41) is 17.4. The van der Waals surface area contributed by atoms with Gasteiger partial charge in [0.15, 0.2) is 5.69 Å². The summed E-state index contributed by atoms with van der Waals surface area (Å²) < 4.78 is 3.37. The van der Waals surface area contributed by atoms with E-state index < -0.39 is 0 Å². The molecule has 146 valence electrons. The Hall–Kier alpha value is -4.33. The van der Waals surface area contributed by atoms with Crippen molar-refractivity contribution in [3.63, 3.8) is 0 Å². The van der Waals surface area contributed by atoms with Gasteiger partial charge in [0.1, 0.15) is 0 Å². The minimum atomic E-state index is -0.340. The highest BCUT2D eigenvalue weighted by molar-refractivity contribution is 6.03. The highest BCUT2D eigenvalue weighted by Gasteiger charge is 2.19. The van der Waals surface area contributed by atoms with E-state index in [4.69, 9.17) is 0 Å². The van der Waals surface area contributed by atoms with Crippen LogP contribution in [0, 0.1) is 6.92 Å². The first-order valence-electron chi connectivity index (χ1n) is 9.37. The van der Waals surface area contributed by atoms with Crippen LogP contribution in [0.1, 0.15) is 16.2 Å². The van der Waals surface area contributed by atoms with Crippen molar-refractivity contribution < 1.29 is 4.79 Å². The van der Waals surface area contributed by atoms with E-state index >= 15 is 0 Å². The van der Waals surface area contributed by atoms with E-state index in [-0.39, 0.29) is 11.6 Å². The van der Waals surface area contributed by atoms with Gasteiger partial charge in [0.25, 0.3) is 5.91 Å². The van der Waals surface area contributed by atoms with E-state index in [1.165, 1.54) is 0 Å². The Morgan fingerprint density at radius 1 is 1.00 bits per heavy atom. The zero-order chi connectivity index (χ0) is 20.5. The Labute approximate surface area is 171 Å². The number of carbonyl (C=O) groups excluding carboxylic acids is 1. The Balaban J connectivity index is 1.43. The number of aromatic nitrogens is 6. The van der Waals surface area contributed by atoms with E-state index in [0.717, 1.165) is 22.1 Å². The molecule has 0 radical (unpaired) electrons. The third kappa shape index (κ3) is 3.10. The van der Waals surface area contributed by atoms with Crippen LogP contribution < -0.4 is 5.32 Å². The van der Waals surface area contributed by atoms with Crippen molar-refractivity contribution in [3.8, 4) is 11.4 Å². The second-order valence-corrected chi connectivity index (χ2v) is 6.77. The third-order valence-electron chi connectivity index (χ3n) is 4.86. The van der Waals surface area contributed by atoms with Gasteiger partial charge >= 0.3 is 0 Å². The normalized spacial score (nSPS) is 11.0. The number of para-hydroxylation sites is 1. The zero-order valence-corrected chi connectivity index (χ0v) is 16.1. The van der Waals surface area contributed by atoms with Crippen LogP contribution in [0.4, 0.5) is 5.69 Å². The highest BCUT2D eigenvalue weighted by Crippen LogP contribution is 2.23. The molecule has 1 amide bonds. The molecule has 3 aromatic heterocycles. The lowest BCUT2D eigenvalue weighted by atomic mass is 10.1. The molecule has 0 unspecified atom stereocenters. The molecule has 0 saturated heterocycles. The van der Waals surface area contributed by atoms with Crippen LogP contribution in [-0.2, 0) is 0 Å². The second-order valence-electron chi connectivity index (χ2n) is 6.77. The summed E-state index contributed by atoms with van der Waals surface area (Å²) in [7, 11) is 0. The van der Waals surface area contributed by atoms with Crippen molar-refractivity contribution >= 4 is 22.4 Å². The Bertz CT molecular complexity index is 1350. The molecule has 3 heterocycles. The second kappa shape index (κ2) is 7.25. The van der Waals surface area contributed by atoms with Crippen molar-refractivity contribution in [1.29, 1.82) is 0 Å². The molecule has 0 spiro atoms. The average Bonchev–Trinajstić information content (AvgIpc) is 3.40. The van der Waals surface area contributed by atoms with Gasteiger partial charge < -0.3 is 5.32 Å².